The normalized spacial score (nSPS) is 17.2. The van der Waals surface area contributed by atoms with Gasteiger partial charge in [0.2, 0.25) is 5.78 Å². The predicted molar refractivity (Wildman–Crippen MR) is 60.6 cm³/mol. The van der Waals surface area contributed by atoms with Gasteiger partial charge in [-0.1, -0.05) is 0 Å². The number of nitrogens with one attached hydrogen (secondary N) is 2. The van der Waals surface area contributed by atoms with Crippen LogP contribution in [-0.2, 0) is 6.42 Å². The topological polar surface area (TPSA) is 120 Å². The summed E-state index contributed by atoms with van der Waals surface area (Å²) in [6.45, 7) is -0.195. The summed E-state index contributed by atoms with van der Waals surface area (Å²) in [7, 11) is 0. The molecule has 6 nitrogen and oxygen atoms in total. The summed E-state index contributed by atoms with van der Waals surface area (Å²) in [5, 5.41) is 16.3. The first-order valence-corrected chi connectivity index (χ1v) is 5.26. The molecule has 1 aromatic rings. The lowest BCUT2D eigenvalue weighted by Gasteiger charge is -2.13. The van der Waals surface area contributed by atoms with E-state index in [2.05, 4.69) is 4.98 Å². The molecular formula is C11H13N3O3. The van der Waals surface area contributed by atoms with Gasteiger partial charge >= 0.3 is 0 Å². The molecule has 1 aliphatic rings. The standard InChI is InChI=1S/C11H13N3O3/c12-6(4-15)1-5-3-14-10-8(16)2-7(13)11(17)9(5)10/h3,6,13-15H,1-2,4,12H2. The number of carbonyl (C=O) groups is 2. The van der Waals surface area contributed by atoms with E-state index in [4.69, 9.17) is 16.2 Å². The number of hydrogen-bond donors (Lipinski definition) is 4. The van der Waals surface area contributed by atoms with Crippen molar-refractivity contribution in [2.24, 2.45) is 5.73 Å². The molecule has 0 saturated carbocycles. The fourth-order valence-corrected chi connectivity index (χ4v) is 1.93. The minimum atomic E-state index is -0.478. The minimum Gasteiger partial charge on any atom is -0.395 e. The van der Waals surface area contributed by atoms with Gasteiger partial charge in [0.1, 0.15) is 0 Å². The highest BCUT2D eigenvalue weighted by Crippen LogP contribution is 2.23. The SMILES string of the molecule is N=C1CC(=O)c2[nH]cc(CC(N)CO)c2C1=O. The van der Waals surface area contributed by atoms with Crippen molar-refractivity contribution in [1.29, 1.82) is 5.41 Å². The van der Waals surface area contributed by atoms with Gasteiger partial charge in [-0.3, -0.25) is 9.59 Å². The number of Topliss-reactive ketones (excluding diaryl/α,β-unsaturated/α-hetero) is 2. The number of rotatable bonds is 3. The summed E-state index contributed by atoms with van der Waals surface area (Å²) in [4.78, 5) is 26.2. The van der Waals surface area contributed by atoms with Crippen molar-refractivity contribution in [1.82, 2.24) is 4.98 Å². The van der Waals surface area contributed by atoms with Crippen LogP contribution in [0.5, 0.6) is 0 Å². The van der Waals surface area contributed by atoms with Crippen LogP contribution in [0.15, 0.2) is 6.20 Å². The van der Waals surface area contributed by atoms with Crippen LogP contribution in [0, 0.1) is 5.41 Å². The molecule has 0 saturated heterocycles. The van der Waals surface area contributed by atoms with Gasteiger partial charge in [0.05, 0.1) is 30.0 Å². The van der Waals surface area contributed by atoms with Gasteiger partial charge in [-0.15, -0.1) is 0 Å². The Hall–Kier alpha value is -1.79. The van der Waals surface area contributed by atoms with Crippen LogP contribution in [0.2, 0.25) is 0 Å². The molecule has 5 N–H and O–H groups in total. The van der Waals surface area contributed by atoms with Gasteiger partial charge in [0.25, 0.3) is 0 Å². The van der Waals surface area contributed by atoms with E-state index in [0.717, 1.165) is 0 Å². The quantitative estimate of drug-likeness (QED) is 0.573. The number of fused-ring (bicyclic) bond motifs is 1. The van der Waals surface area contributed by atoms with Crippen LogP contribution in [0.3, 0.4) is 0 Å². The molecule has 0 radical (unpaired) electrons. The van der Waals surface area contributed by atoms with E-state index in [9.17, 15) is 9.59 Å². The van der Waals surface area contributed by atoms with E-state index in [1.807, 2.05) is 0 Å². The second-order valence-electron chi connectivity index (χ2n) is 4.12. The van der Waals surface area contributed by atoms with Crippen molar-refractivity contribution in [2.75, 3.05) is 6.61 Å². The molecule has 1 atom stereocenters. The van der Waals surface area contributed by atoms with Crippen molar-refractivity contribution < 1.29 is 14.7 Å². The predicted octanol–water partition coefficient (Wildman–Crippen LogP) is -0.334. The maximum absolute atomic E-state index is 11.8. The zero-order valence-electron chi connectivity index (χ0n) is 9.12. The van der Waals surface area contributed by atoms with E-state index < -0.39 is 11.8 Å². The van der Waals surface area contributed by atoms with Gasteiger partial charge in [-0.25, -0.2) is 0 Å². The number of aliphatic hydroxyl groups excluding tert-OH is 1. The Morgan fingerprint density at radius 3 is 2.88 bits per heavy atom. The number of aliphatic hydroxyl groups is 1. The fraction of sp³-hybridized carbons (Fsp3) is 0.364. The summed E-state index contributed by atoms with van der Waals surface area (Å²) in [6, 6.07) is -0.478. The lowest BCUT2D eigenvalue weighted by Crippen LogP contribution is -2.30. The molecule has 0 spiro atoms. The average molecular weight is 235 g/mol. The van der Waals surface area contributed by atoms with Gasteiger partial charge in [-0.05, 0) is 12.0 Å². The lowest BCUT2D eigenvalue weighted by molar-refractivity contribution is 0.0960. The van der Waals surface area contributed by atoms with Crippen LogP contribution in [0.25, 0.3) is 0 Å². The Morgan fingerprint density at radius 1 is 1.53 bits per heavy atom. The number of aromatic nitrogens is 1. The Labute approximate surface area is 97.3 Å². The van der Waals surface area contributed by atoms with E-state index in [1.165, 1.54) is 0 Å². The van der Waals surface area contributed by atoms with Gasteiger partial charge in [0.15, 0.2) is 5.78 Å². The maximum atomic E-state index is 11.8. The second kappa shape index (κ2) is 4.23. The summed E-state index contributed by atoms with van der Waals surface area (Å²) < 4.78 is 0. The summed E-state index contributed by atoms with van der Waals surface area (Å²) in [5.74, 6) is -0.686. The molecule has 0 aliphatic heterocycles. The number of nitrogens with two attached hydrogens (primary N) is 1. The molecule has 1 heterocycles. The number of aromatic amines is 1. The third-order valence-corrected chi connectivity index (χ3v) is 2.80. The van der Waals surface area contributed by atoms with Crippen molar-refractivity contribution in [3.8, 4) is 0 Å². The highest BCUT2D eigenvalue weighted by atomic mass is 16.3. The Morgan fingerprint density at radius 2 is 2.24 bits per heavy atom. The van der Waals surface area contributed by atoms with Crippen LogP contribution in [0.1, 0.15) is 32.8 Å². The Bertz CT molecular complexity index is 504. The molecule has 1 aliphatic carbocycles. The van der Waals surface area contributed by atoms with Crippen LogP contribution in [0.4, 0.5) is 0 Å². The Balaban J connectivity index is 2.42. The molecular weight excluding hydrogens is 222 g/mol. The third kappa shape index (κ3) is 1.92. The van der Waals surface area contributed by atoms with Gasteiger partial charge in [0, 0.05) is 12.2 Å². The third-order valence-electron chi connectivity index (χ3n) is 2.80. The zero-order valence-corrected chi connectivity index (χ0v) is 9.12. The van der Waals surface area contributed by atoms with Crippen LogP contribution in [-0.4, -0.2) is 40.0 Å². The number of H-pyrrole nitrogens is 1. The summed E-state index contributed by atoms with van der Waals surface area (Å²) >= 11 is 0. The molecule has 0 amide bonds. The molecule has 0 aromatic carbocycles. The lowest BCUT2D eigenvalue weighted by atomic mass is 9.89. The van der Waals surface area contributed by atoms with Crippen molar-refractivity contribution in [3.05, 3.63) is 23.0 Å². The molecule has 1 aromatic heterocycles. The highest BCUT2D eigenvalue weighted by Gasteiger charge is 2.32. The van der Waals surface area contributed by atoms with Crippen molar-refractivity contribution in [3.63, 3.8) is 0 Å². The molecule has 17 heavy (non-hydrogen) atoms. The number of carbonyl (C=O) groups excluding carboxylic acids is 2. The molecule has 6 heteroatoms. The van der Waals surface area contributed by atoms with Crippen molar-refractivity contribution >= 4 is 17.3 Å². The zero-order chi connectivity index (χ0) is 12.6. The molecule has 0 fully saturated rings. The van der Waals surface area contributed by atoms with Crippen molar-refractivity contribution in [2.45, 2.75) is 18.9 Å². The Kier molecular flexibility index (Phi) is 2.91. The smallest absolute Gasteiger partial charge is 0.209 e. The number of ketones is 2. The van der Waals surface area contributed by atoms with E-state index in [0.29, 0.717) is 12.0 Å². The van der Waals surface area contributed by atoms with E-state index in [1.54, 1.807) is 6.20 Å². The average Bonchev–Trinajstić information content (AvgIpc) is 2.70. The number of hydrogen-bond acceptors (Lipinski definition) is 5. The van der Waals surface area contributed by atoms with Crippen LogP contribution < -0.4 is 5.73 Å². The molecule has 1 unspecified atom stereocenters. The molecule has 2 rings (SSSR count). The fourth-order valence-electron chi connectivity index (χ4n) is 1.93. The minimum absolute atomic E-state index is 0.155. The first kappa shape index (κ1) is 11.7. The maximum Gasteiger partial charge on any atom is 0.209 e. The summed E-state index contributed by atoms with van der Waals surface area (Å²) in [6.07, 6.45) is 1.70. The summed E-state index contributed by atoms with van der Waals surface area (Å²) in [5.41, 5.74) is 6.49. The van der Waals surface area contributed by atoms with Gasteiger partial charge in [-0.2, -0.15) is 0 Å². The monoisotopic (exact) mass is 235 g/mol. The van der Waals surface area contributed by atoms with Gasteiger partial charge < -0.3 is 21.2 Å². The first-order valence-electron chi connectivity index (χ1n) is 5.26. The van der Waals surface area contributed by atoms with E-state index >= 15 is 0 Å². The molecule has 90 valence electrons. The second-order valence-corrected chi connectivity index (χ2v) is 4.12. The highest BCUT2D eigenvalue weighted by molar-refractivity contribution is 6.51. The van der Waals surface area contributed by atoms with Crippen LogP contribution >= 0.6 is 0 Å². The first-order chi connectivity index (χ1) is 8.04. The molecule has 0 bridgehead atoms. The largest absolute Gasteiger partial charge is 0.395 e. The van der Waals surface area contributed by atoms with E-state index in [-0.39, 0.29) is 35.8 Å².